The molecule has 0 fully saturated rings. The predicted molar refractivity (Wildman–Crippen MR) is 114 cm³/mol. The van der Waals surface area contributed by atoms with Crippen LogP contribution in [0.1, 0.15) is 50.7 Å². The molecular formula is C22H29Cl2NO2. The first kappa shape index (κ1) is 21.9. The van der Waals surface area contributed by atoms with Crippen LogP contribution in [0.5, 0.6) is 11.5 Å². The molecule has 5 heteroatoms. The van der Waals surface area contributed by atoms with Crippen LogP contribution in [0.15, 0.2) is 36.4 Å². The van der Waals surface area contributed by atoms with Gasteiger partial charge in [0.25, 0.3) is 0 Å². The summed E-state index contributed by atoms with van der Waals surface area (Å²) in [5.41, 5.74) is 2.00. The Morgan fingerprint density at radius 1 is 0.926 bits per heavy atom. The van der Waals surface area contributed by atoms with Crippen LogP contribution in [-0.2, 0) is 13.2 Å². The van der Waals surface area contributed by atoms with Gasteiger partial charge in [-0.25, -0.2) is 0 Å². The number of hydrogen-bond donors (Lipinski definition) is 1. The number of benzene rings is 2. The van der Waals surface area contributed by atoms with Crippen molar-refractivity contribution in [3.05, 3.63) is 57.6 Å². The first-order chi connectivity index (χ1) is 13.2. The summed E-state index contributed by atoms with van der Waals surface area (Å²) in [5, 5.41) is 4.70. The van der Waals surface area contributed by atoms with Crippen LogP contribution in [-0.4, -0.2) is 13.2 Å². The fraction of sp³-hybridized carbons (Fsp3) is 0.455. The molecule has 27 heavy (non-hydrogen) atoms. The summed E-state index contributed by atoms with van der Waals surface area (Å²) in [4.78, 5) is 0. The lowest BCUT2D eigenvalue weighted by Gasteiger charge is -2.16. The van der Waals surface area contributed by atoms with Crippen molar-refractivity contribution in [2.24, 2.45) is 0 Å². The number of ether oxygens (including phenoxy) is 2. The Balaban J connectivity index is 2.01. The molecule has 148 valence electrons. The van der Waals surface area contributed by atoms with Gasteiger partial charge in [-0.3, -0.25) is 0 Å². The molecule has 0 atom stereocenters. The van der Waals surface area contributed by atoms with Crippen LogP contribution in [0.2, 0.25) is 10.0 Å². The summed E-state index contributed by atoms with van der Waals surface area (Å²) in [7, 11) is 0. The first-order valence-corrected chi connectivity index (χ1v) is 10.4. The van der Waals surface area contributed by atoms with Crippen LogP contribution in [0.4, 0.5) is 0 Å². The highest BCUT2D eigenvalue weighted by atomic mass is 35.5. The van der Waals surface area contributed by atoms with Crippen LogP contribution >= 0.6 is 23.2 Å². The third-order valence-corrected chi connectivity index (χ3v) is 4.88. The number of halogens is 2. The molecule has 2 aromatic carbocycles. The van der Waals surface area contributed by atoms with E-state index in [0.717, 1.165) is 24.2 Å². The molecule has 0 heterocycles. The van der Waals surface area contributed by atoms with Crippen molar-refractivity contribution in [2.75, 3.05) is 13.2 Å². The third-order valence-electron chi connectivity index (χ3n) is 4.24. The number of rotatable bonds is 12. The van der Waals surface area contributed by atoms with Gasteiger partial charge in [-0.15, -0.1) is 0 Å². The molecule has 0 aliphatic carbocycles. The van der Waals surface area contributed by atoms with Gasteiger partial charge in [0.15, 0.2) is 11.5 Å². The number of hydrogen-bond acceptors (Lipinski definition) is 3. The molecule has 0 aliphatic rings. The Hall–Kier alpha value is -1.42. The van der Waals surface area contributed by atoms with E-state index >= 15 is 0 Å². The van der Waals surface area contributed by atoms with Gasteiger partial charge in [0.05, 0.1) is 11.6 Å². The van der Waals surface area contributed by atoms with Crippen LogP contribution in [0, 0.1) is 0 Å². The van der Waals surface area contributed by atoms with E-state index in [2.05, 4.69) is 12.2 Å². The van der Waals surface area contributed by atoms with Crippen molar-refractivity contribution in [1.29, 1.82) is 0 Å². The molecule has 0 aliphatic heterocycles. The summed E-state index contributed by atoms with van der Waals surface area (Å²) >= 11 is 12.7. The SMILES string of the molecule is CCCCCCNCc1cc(Cl)c(OCc2ccccc2Cl)c(OCC)c1. The molecule has 0 radical (unpaired) electrons. The van der Waals surface area contributed by atoms with Crippen LogP contribution < -0.4 is 14.8 Å². The minimum absolute atomic E-state index is 0.342. The van der Waals surface area contributed by atoms with Gasteiger partial charge < -0.3 is 14.8 Å². The highest BCUT2D eigenvalue weighted by molar-refractivity contribution is 6.32. The average molecular weight is 410 g/mol. The van der Waals surface area contributed by atoms with Gasteiger partial charge in [-0.2, -0.15) is 0 Å². The molecule has 2 rings (SSSR count). The number of nitrogens with one attached hydrogen (secondary N) is 1. The summed E-state index contributed by atoms with van der Waals surface area (Å²) < 4.78 is 11.7. The smallest absolute Gasteiger partial charge is 0.180 e. The van der Waals surface area contributed by atoms with Crippen molar-refractivity contribution in [3.8, 4) is 11.5 Å². The second-order valence-corrected chi connectivity index (χ2v) is 7.27. The van der Waals surface area contributed by atoms with Crippen molar-refractivity contribution >= 4 is 23.2 Å². The fourth-order valence-electron chi connectivity index (χ4n) is 2.80. The highest BCUT2D eigenvalue weighted by Crippen LogP contribution is 2.37. The predicted octanol–water partition coefficient (Wildman–Crippen LogP) is 6.64. The number of unbranched alkanes of at least 4 members (excludes halogenated alkanes) is 3. The van der Waals surface area contributed by atoms with E-state index in [4.69, 9.17) is 32.7 Å². The summed E-state index contributed by atoms with van der Waals surface area (Å²) in [6, 6.07) is 11.6. The lowest BCUT2D eigenvalue weighted by molar-refractivity contribution is 0.269. The van der Waals surface area contributed by atoms with Gasteiger partial charge >= 0.3 is 0 Å². The maximum atomic E-state index is 6.49. The molecule has 0 saturated carbocycles. The van der Waals surface area contributed by atoms with Gasteiger partial charge in [-0.05, 0) is 43.7 Å². The standard InChI is InChI=1S/C22H29Cl2NO2/c1-3-5-6-9-12-25-15-17-13-20(24)22(21(14-17)26-4-2)27-16-18-10-7-8-11-19(18)23/h7-8,10-11,13-14,25H,3-6,9,12,15-16H2,1-2H3. The Kier molecular flexibility index (Phi) is 9.82. The Morgan fingerprint density at radius 2 is 1.74 bits per heavy atom. The van der Waals surface area contributed by atoms with Crippen molar-refractivity contribution < 1.29 is 9.47 Å². The zero-order valence-electron chi connectivity index (χ0n) is 16.2. The molecule has 0 amide bonds. The molecule has 0 unspecified atom stereocenters. The molecule has 1 N–H and O–H groups in total. The highest BCUT2D eigenvalue weighted by Gasteiger charge is 2.13. The van der Waals surface area contributed by atoms with E-state index in [0.29, 0.717) is 34.8 Å². The molecule has 2 aromatic rings. The van der Waals surface area contributed by atoms with Crippen molar-refractivity contribution in [3.63, 3.8) is 0 Å². The largest absolute Gasteiger partial charge is 0.490 e. The van der Waals surface area contributed by atoms with E-state index in [1.807, 2.05) is 43.3 Å². The Morgan fingerprint density at radius 3 is 2.48 bits per heavy atom. The van der Waals surface area contributed by atoms with E-state index in [-0.39, 0.29) is 0 Å². The molecule has 0 aromatic heterocycles. The lowest BCUT2D eigenvalue weighted by Crippen LogP contribution is -2.15. The van der Waals surface area contributed by atoms with Gasteiger partial charge in [0.2, 0.25) is 0 Å². The topological polar surface area (TPSA) is 30.5 Å². The summed E-state index contributed by atoms with van der Waals surface area (Å²) in [6.45, 7) is 6.83. The van der Waals surface area contributed by atoms with Gasteiger partial charge in [0.1, 0.15) is 6.61 Å². The molecule has 3 nitrogen and oxygen atoms in total. The maximum Gasteiger partial charge on any atom is 0.180 e. The van der Waals surface area contributed by atoms with Crippen LogP contribution in [0.25, 0.3) is 0 Å². The first-order valence-electron chi connectivity index (χ1n) is 9.67. The minimum atomic E-state index is 0.342. The van der Waals surface area contributed by atoms with E-state index < -0.39 is 0 Å². The zero-order chi connectivity index (χ0) is 19.5. The Bertz CT molecular complexity index is 707. The lowest BCUT2D eigenvalue weighted by atomic mass is 10.1. The maximum absolute atomic E-state index is 6.49. The zero-order valence-corrected chi connectivity index (χ0v) is 17.7. The fourth-order valence-corrected chi connectivity index (χ4v) is 3.28. The second-order valence-electron chi connectivity index (χ2n) is 6.46. The molecule has 0 spiro atoms. The van der Waals surface area contributed by atoms with E-state index in [1.54, 1.807) is 0 Å². The average Bonchev–Trinajstić information content (AvgIpc) is 2.65. The summed E-state index contributed by atoms with van der Waals surface area (Å²) in [6.07, 6.45) is 5.00. The normalized spacial score (nSPS) is 10.8. The van der Waals surface area contributed by atoms with E-state index in [9.17, 15) is 0 Å². The van der Waals surface area contributed by atoms with E-state index in [1.165, 1.54) is 25.7 Å². The van der Waals surface area contributed by atoms with Gasteiger partial charge in [0, 0.05) is 17.1 Å². The molecule has 0 bridgehead atoms. The van der Waals surface area contributed by atoms with Crippen molar-refractivity contribution in [1.82, 2.24) is 5.32 Å². The molecular weight excluding hydrogens is 381 g/mol. The Labute approximate surface area is 173 Å². The molecule has 0 saturated heterocycles. The third kappa shape index (κ3) is 7.25. The monoisotopic (exact) mass is 409 g/mol. The van der Waals surface area contributed by atoms with Crippen LogP contribution in [0.3, 0.4) is 0 Å². The van der Waals surface area contributed by atoms with Gasteiger partial charge in [-0.1, -0.05) is 67.6 Å². The van der Waals surface area contributed by atoms with Crippen molar-refractivity contribution in [2.45, 2.75) is 52.7 Å². The summed E-state index contributed by atoms with van der Waals surface area (Å²) in [5.74, 6) is 1.23. The second kappa shape index (κ2) is 12.1. The quantitative estimate of drug-likeness (QED) is 0.398. The minimum Gasteiger partial charge on any atom is -0.490 e.